The highest BCUT2D eigenvalue weighted by Crippen LogP contribution is 2.50. The largest absolute Gasteiger partial charge is 0.446 e. The summed E-state index contributed by atoms with van der Waals surface area (Å²) in [6.45, 7) is 0. The van der Waals surface area contributed by atoms with Gasteiger partial charge in [0.2, 0.25) is 0 Å². The zero-order valence-corrected chi connectivity index (χ0v) is 24.8. The van der Waals surface area contributed by atoms with Crippen molar-refractivity contribution in [1.82, 2.24) is 9.97 Å². The lowest BCUT2D eigenvalue weighted by atomic mass is 10.2. The van der Waals surface area contributed by atoms with Crippen molar-refractivity contribution in [2.24, 2.45) is 0 Å². The average Bonchev–Trinajstić information content (AvgIpc) is 3.17. The molecule has 33 heavy (non-hydrogen) atoms. The molecule has 0 bridgehead atoms. The van der Waals surface area contributed by atoms with Crippen LogP contribution in [0.3, 0.4) is 0 Å². The van der Waals surface area contributed by atoms with Crippen LogP contribution in [-0.2, 0) is 20.8 Å². The van der Waals surface area contributed by atoms with E-state index in [1.165, 1.54) is 6.07 Å². The molecule has 0 saturated heterocycles. The van der Waals surface area contributed by atoms with Crippen molar-refractivity contribution in [3.8, 4) is 22.9 Å². The van der Waals surface area contributed by atoms with Gasteiger partial charge in [0.15, 0.2) is 11.5 Å². The maximum Gasteiger partial charge on any atom is 0.446 e. The predicted molar refractivity (Wildman–Crippen MR) is 138 cm³/mol. The summed E-state index contributed by atoms with van der Waals surface area (Å²) in [5, 5.41) is 0.417. The predicted octanol–water partition coefficient (Wildman–Crippen LogP) is 6.49. The maximum absolute atomic E-state index is 11.7. The van der Waals surface area contributed by atoms with Crippen LogP contribution < -0.4 is 8.37 Å². The van der Waals surface area contributed by atoms with Crippen molar-refractivity contribution in [3.05, 3.63) is 40.6 Å². The summed E-state index contributed by atoms with van der Waals surface area (Å²) < 4.78 is 77.6. The Morgan fingerprint density at radius 2 is 1.21 bits per heavy atom. The molecule has 0 unspecified atom stereocenters. The standard InChI is InChI=1S/C16H7Br5N2O8S2/c17-4-1-5-11(7(19)2-4)22-13(15(5)30-32(24,25)26)14-16(31-33(27,28)29)9-10(21)6(18)3-8(20)12(9)23-14/h1-3,22-23H,(H,24,25,26)(H,27,28,29). The summed E-state index contributed by atoms with van der Waals surface area (Å²) in [6.07, 6.45) is 0. The van der Waals surface area contributed by atoms with Crippen LogP contribution in [0.15, 0.2) is 40.6 Å². The third-order valence-corrected chi connectivity index (χ3v) is 8.72. The number of benzene rings is 2. The third-order valence-electron chi connectivity index (χ3n) is 4.28. The van der Waals surface area contributed by atoms with Crippen LogP contribution in [0, 0.1) is 0 Å². The monoisotopic (exact) mass is 814 g/mol. The molecule has 4 aromatic rings. The normalized spacial score (nSPS) is 12.6. The number of nitrogens with one attached hydrogen (secondary N) is 2. The van der Waals surface area contributed by atoms with Gasteiger partial charge in [-0.3, -0.25) is 9.11 Å². The van der Waals surface area contributed by atoms with E-state index >= 15 is 0 Å². The smallest absolute Gasteiger partial charge is 0.359 e. The van der Waals surface area contributed by atoms with Crippen molar-refractivity contribution in [2.75, 3.05) is 0 Å². The van der Waals surface area contributed by atoms with E-state index < -0.39 is 20.8 Å². The van der Waals surface area contributed by atoms with Gasteiger partial charge in [0.25, 0.3) is 0 Å². The molecule has 2 heterocycles. The number of fused-ring (bicyclic) bond motifs is 2. The minimum atomic E-state index is -5.01. The molecule has 0 fully saturated rings. The fourth-order valence-electron chi connectivity index (χ4n) is 3.17. The van der Waals surface area contributed by atoms with E-state index in [-0.39, 0.29) is 33.7 Å². The van der Waals surface area contributed by atoms with E-state index in [1.807, 2.05) is 0 Å². The summed E-state index contributed by atoms with van der Waals surface area (Å²) in [5.74, 6) is -0.726. The first-order valence-corrected chi connectivity index (χ1v) is 14.9. The van der Waals surface area contributed by atoms with Gasteiger partial charge in [-0.25, -0.2) is 0 Å². The average molecular weight is 819 g/mol. The van der Waals surface area contributed by atoms with Gasteiger partial charge in [-0.2, -0.15) is 16.8 Å². The molecule has 10 nitrogen and oxygen atoms in total. The second-order valence-corrected chi connectivity index (χ2v) is 12.7. The zero-order chi connectivity index (χ0) is 24.5. The quantitative estimate of drug-likeness (QED) is 0.132. The van der Waals surface area contributed by atoms with Crippen LogP contribution in [0.5, 0.6) is 11.5 Å². The minimum absolute atomic E-state index is 0.0915. The van der Waals surface area contributed by atoms with Crippen LogP contribution >= 0.6 is 79.6 Å². The first-order valence-electron chi connectivity index (χ1n) is 8.20. The highest BCUT2D eigenvalue weighted by Gasteiger charge is 2.30. The number of aromatic amines is 2. The van der Waals surface area contributed by atoms with Gasteiger partial charge in [-0.1, -0.05) is 15.9 Å². The van der Waals surface area contributed by atoms with Crippen molar-refractivity contribution < 1.29 is 34.3 Å². The van der Waals surface area contributed by atoms with Gasteiger partial charge in [0, 0.05) is 27.7 Å². The minimum Gasteiger partial charge on any atom is -0.359 e. The molecule has 0 radical (unpaired) electrons. The Kier molecular flexibility index (Phi) is 6.76. The molecule has 2 aromatic heterocycles. The van der Waals surface area contributed by atoms with E-state index in [9.17, 15) is 25.9 Å². The molecule has 4 N–H and O–H groups in total. The lowest BCUT2D eigenvalue weighted by Gasteiger charge is -2.07. The Balaban J connectivity index is 2.19. The van der Waals surface area contributed by atoms with Crippen LogP contribution in [0.2, 0.25) is 0 Å². The lowest BCUT2D eigenvalue weighted by molar-refractivity contribution is 0.384. The third kappa shape index (κ3) is 5.02. The lowest BCUT2D eigenvalue weighted by Crippen LogP contribution is -2.08. The fraction of sp³-hybridized carbons (Fsp3) is 0. The highest BCUT2D eigenvalue weighted by atomic mass is 79.9. The van der Waals surface area contributed by atoms with Crippen LogP contribution in [0.25, 0.3) is 33.2 Å². The van der Waals surface area contributed by atoms with E-state index in [4.69, 9.17) is 8.37 Å². The maximum atomic E-state index is 11.7. The Morgan fingerprint density at radius 3 is 1.82 bits per heavy atom. The number of rotatable bonds is 5. The molecule has 4 rings (SSSR count). The van der Waals surface area contributed by atoms with E-state index in [0.29, 0.717) is 33.4 Å². The summed E-state index contributed by atoms with van der Waals surface area (Å²) in [7, 11) is -10.0. The number of hydrogen-bond donors (Lipinski definition) is 4. The van der Waals surface area contributed by atoms with Crippen molar-refractivity contribution in [2.45, 2.75) is 0 Å². The first-order chi connectivity index (χ1) is 15.2. The van der Waals surface area contributed by atoms with Crippen molar-refractivity contribution in [3.63, 3.8) is 0 Å². The molecular formula is C16H7Br5N2O8S2. The molecule has 0 saturated carbocycles. The second kappa shape index (κ2) is 8.77. The Morgan fingerprint density at radius 1 is 0.697 bits per heavy atom. The molecule has 0 spiro atoms. The summed E-state index contributed by atoms with van der Waals surface area (Å²) in [4.78, 5) is 5.89. The molecule has 0 atom stereocenters. The molecular weight excluding hydrogens is 812 g/mol. The molecule has 0 aliphatic carbocycles. The van der Waals surface area contributed by atoms with E-state index in [0.717, 1.165) is 0 Å². The van der Waals surface area contributed by atoms with Gasteiger partial charge in [0.1, 0.15) is 11.4 Å². The van der Waals surface area contributed by atoms with E-state index in [1.54, 1.807) is 12.1 Å². The summed E-state index contributed by atoms with van der Waals surface area (Å²) in [5.41, 5.74) is 0.518. The Bertz CT molecular complexity index is 1680. The summed E-state index contributed by atoms with van der Waals surface area (Å²) >= 11 is 16.7. The second-order valence-electron chi connectivity index (χ2n) is 6.39. The molecule has 0 aliphatic heterocycles. The van der Waals surface area contributed by atoms with Crippen LogP contribution in [0.1, 0.15) is 0 Å². The Hall–Kier alpha value is -0.660. The number of H-pyrrole nitrogens is 2. The van der Waals surface area contributed by atoms with Crippen molar-refractivity contribution in [1.29, 1.82) is 0 Å². The molecule has 0 amide bonds. The molecule has 0 aliphatic rings. The van der Waals surface area contributed by atoms with Gasteiger partial charge >= 0.3 is 20.8 Å². The van der Waals surface area contributed by atoms with Crippen molar-refractivity contribution >= 4 is 122 Å². The first kappa shape index (κ1) is 25.4. The Labute approximate surface area is 228 Å². The van der Waals surface area contributed by atoms with Gasteiger partial charge < -0.3 is 18.3 Å². The van der Waals surface area contributed by atoms with Crippen LogP contribution in [0.4, 0.5) is 0 Å². The number of hydrogen-bond acceptors (Lipinski definition) is 6. The fourth-order valence-corrected chi connectivity index (χ4v) is 7.01. The topological polar surface area (TPSA) is 159 Å². The number of aromatic nitrogens is 2. The van der Waals surface area contributed by atoms with Gasteiger partial charge in [-0.05, 0) is 81.9 Å². The SMILES string of the molecule is O=S(=O)(O)Oc1c(-c2[nH]c3c(Br)cc(Br)c(Br)c3c2OS(=O)(=O)O)[nH]c2c(Br)cc(Br)cc12. The molecule has 17 heteroatoms. The number of halogens is 5. The van der Waals surface area contributed by atoms with E-state index in [2.05, 4.69) is 89.6 Å². The molecule has 176 valence electrons. The van der Waals surface area contributed by atoms with Gasteiger partial charge in [0.05, 0.1) is 16.4 Å². The van der Waals surface area contributed by atoms with Gasteiger partial charge in [-0.15, -0.1) is 0 Å². The zero-order valence-electron chi connectivity index (χ0n) is 15.3. The molecule has 2 aromatic carbocycles. The van der Waals surface area contributed by atoms with Crippen LogP contribution in [-0.4, -0.2) is 35.9 Å². The highest BCUT2D eigenvalue weighted by molar-refractivity contribution is 9.13. The summed E-state index contributed by atoms with van der Waals surface area (Å²) in [6, 6.07) is 4.86.